The molecule has 28 heavy (non-hydrogen) atoms. The lowest BCUT2D eigenvalue weighted by molar-refractivity contribution is -0.114. The molecule has 1 unspecified atom stereocenters. The number of nitrogens with zero attached hydrogens (tertiary/aromatic N) is 2. The first-order valence-corrected chi connectivity index (χ1v) is 10.5. The minimum atomic E-state index is -3.00. The van der Waals surface area contributed by atoms with Crippen molar-refractivity contribution in [2.75, 3.05) is 11.6 Å². The molecule has 146 valence electrons. The van der Waals surface area contributed by atoms with Gasteiger partial charge in [-0.1, -0.05) is 17.9 Å². The quantitative estimate of drug-likeness (QED) is 0.799. The Labute approximate surface area is 166 Å². The molecular formula is C21H23N3O3S. The summed E-state index contributed by atoms with van der Waals surface area (Å²) in [5.74, 6) is 5.18. The van der Waals surface area contributed by atoms with Crippen LogP contribution in [0.3, 0.4) is 0 Å². The minimum Gasteiger partial charge on any atom is -0.326 e. The van der Waals surface area contributed by atoms with Crippen LogP contribution in [0.4, 0.5) is 5.69 Å². The van der Waals surface area contributed by atoms with E-state index < -0.39 is 15.6 Å². The van der Waals surface area contributed by atoms with Crippen LogP contribution in [0.2, 0.25) is 0 Å². The Morgan fingerprint density at radius 3 is 2.54 bits per heavy atom. The third kappa shape index (κ3) is 6.32. The van der Waals surface area contributed by atoms with E-state index in [1.807, 2.05) is 20.8 Å². The van der Waals surface area contributed by atoms with E-state index in [2.05, 4.69) is 26.5 Å². The molecule has 2 amide bonds. The van der Waals surface area contributed by atoms with Gasteiger partial charge in [0, 0.05) is 47.1 Å². The van der Waals surface area contributed by atoms with Crippen LogP contribution in [0.15, 0.2) is 52.0 Å². The van der Waals surface area contributed by atoms with Crippen LogP contribution in [-0.2, 0) is 14.5 Å². The predicted molar refractivity (Wildman–Crippen MR) is 110 cm³/mol. The third-order valence-electron chi connectivity index (χ3n) is 3.42. The Morgan fingerprint density at radius 2 is 1.89 bits per heavy atom. The molecule has 1 aromatic carbocycles. The van der Waals surface area contributed by atoms with Crippen LogP contribution in [-0.4, -0.2) is 27.3 Å². The van der Waals surface area contributed by atoms with Crippen LogP contribution in [0.25, 0.3) is 0 Å². The van der Waals surface area contributed by atoms with Crippen molar-refractivity contribution < 1.29 is 13.8 Å². The van der Waals surface area contributed by atoms with E-state index in [1.165, 1.54) is 19.4 Å². The van der Waals surface area contributed by atoms with E-state index in [9.17, 15) is 13.8 Å². The lowest BCUT2D eigenvalue weighted by Gasteiger charge is -2.08. The van der Waals surface area contributed by atoms with Gasteiger partial charge >= 0.3 is 0 Å². The van der Waals surface area contributed by atoms with Crippen molar-refractivity contribution in [3.63, 3.8) is 0 Å². The first kappa shape index (κ1) is 21.3. The van der Waals surface area contributed by atoms with E-state index in [1.54, 1.807) is 36.5 Å². The number of amides is 2. The molecule has 0 aliphatic heterocycles. The van der Waals surface area contributed by atoms with Gasteiger partial charge in [0.25, 0.3) is 5.91 Å². The standard InChI is InChI=1S/C21H23N3O3S/c1-15(25)23-18-7-6-8-19(12-18)28(5,27)24-20(26)17-11-16(13-22-14-17)9-10-21(2,3)4/h6-8,11-14H,1-5H3,(H,23,25). The number of rotatable bonds is 3. The first-order chi connectivity index (χ1) is 13.0. The topological polar surface area (TPSA) is 88.5 Å². The number of carbonyl (C=O) groups is 2. The van der Waals surface area contributed by atoms with Gasteiger partial charge in [-0.3, -0.25) is 14.6 Å². The molecule has 1 aromatic heterocycles. The molecule has 0 radical (unpaired) electrons. The number of carbonyl (C=O) groups excluding carboxylic acids is 2. The highest BCUT2D eigenvalue weighted by Crippen LogP contribution is 2.18. The summed E-state index contributed by atoms with van der Waals surface area (Å²) in [6.07, 6.45) is 4.32. The van der Waals surface area contributed by atoms with Gasteiger partial charge in [0.2, 0.25) is 5.91 Å². The fourth-order valence-electron chi connectivity index (χ4n) is 2.16. The van der Waals surface area contributed by atoms with Crippen LogP contribution in [0, 0.1) is 17.3 Å². The van der Waals surface area contributed by atoms with Crippen molar-refractivity contribution in [3.8, 4) is 11.8 Å². The van der Waals surface area contributed by atoms with Crippen LogP contribution >= 0.6 is 0 Å². The molecule has 1 atom stereocenters. The monoisotopic (exact) mass is 397 g/mol. The number of pyridine rings is 1. The molecule has 0 aliphatic carbocycles. The van der Waals surface area contributed by atoms with Gasteiger partial charge in [-0.15, -0.1) is 0 Å². The number of benzene rings is 1. The number of aromatic nitrogens is 1. The molecule has 0 saturated heterocycles. The number of anilines is 1. The molecule has 0 fully saturated rings. The van der Waals surface area contributed by atoms with Crippen molar-refractivity contribution >= 4 is 27.2 Å². The van der Waals surface area contributed by atoms with Crippen molar-refractivity contribution in [2.45, 2.75) is 32.6 Å². The minimum absolute atomic E-state index is 0.180. The number of hydrogen-bond donors (Lipinski definition) is 1. The number of hydrogen-bond acceptors (Lipinski definition) is 4. The molecule has 0 saturated carbocycles. The van der Waals surface area contributed by atoms with Gasteiger partial charge in [-0.25, -0.2) is 4.21 Å². The Morgan fingerprint density at radius 1 is 1.18 bits per heavy atom. The molecule has 1 heterocycles. The van der Waals surface area contributed by atoms with Crippen molar-refractivity contribution in [2.24, 2.45) is 9.78 Å². The van der Waals surface area contributed by atoms with Crippen molar-refractivity contribution in [3.05, 3.63) is 53.9 Å². The summed E-state index contributed by atoms with van der Waals surface area (Å²) >= 11 is 0. The molecule has 6 nitrogen and oxygen atoms in total. The van der Waals surface area contributed by atoms with Crippen LogP contribution in [0.1, 0.15) is 43.6 Å². The molecule has 0 spiro atoms. The van der Waals surface area contributed by atoms with Crippen molar-refractivity contribution in [1.29, 1.82) is 0 Å². The maximum Gasteiger partial charge on any atom is 0.286 e. The average Bonchev–Trinajstić information content (AvgIpc) is 2.59. The predicted octanol–water partition coefficient (Wildman–Crippen LogP) is 3.73. The Balaban J connectivity index is 2.36. The molecular weight excluding hydrogens is 374 g/mol. The average molecular weight is 398 g/mol. The van der Waals surface area contributed by atoms with Gasteiger partial charge in [0.1, 0.15) is 0 Å². The summed E-state index contributed by atoms with van der Waals surface area (Å²) in [5.41, 5.74) is 1.11. The van der Waals surface area contributed by atoms with Crippen LogP contribution in [0.5, 0.6) is 0 Å². The highest BCUT2D eigenvalue weighted by molar-refractivity contribution is 7.93. The fraction of sp³-hybridized carbons (Fsp3) is 0.286. The molecule has 7 heteroatoms. The molecule has 0 aliphatic rings. The van der Waals surface area contributed by atoms with Gasteiger partial charge in [-0.05, 0) is 45.0 Å². The second-order valence-electron chi connectivity index (χ2n) is 7.37. The summed E-state index contributed by atoms with van der Waals surface area (Å²) in [6, 6.07) is 8.05. The van der Waals surface area contributed by atoms with Gasteiger partial charge in [0.05, 0.1) is 15.3 Å². The highest BCUT2D eigenvalue weighted by atomic mass is 32.2. The number of nitrogens with one attached hydrogen (secondary N) is 1. The second kappa shape index (κ2) is 8.36. The summed E-state index contributed by atoms with van der Waals surface area (Å²) < 4.78 is 16.9. The first-order valence-electron chi connectivity index (χ1n) is 8.59. The summed E-state index contributed by atoms with van der Waals surface area (Å²) in [7, 11) is -3.00. The molecule has 2 rings (SSSR count). The van der Waals surface area contributed by atoms with Crippen LogP contribution < -0.4 is 5.32 Å². The fourth-order valence-corrected chi connectivity index (χ4v) is 3.37. The lowest BCUT2D eigenvalue weighted by atomic mass is 9.97. The molecule has 1 N–H and O–H groups in total. The van der Waals surface area contributed by atoms with Gasteiger partial charge in [-0.2, -0.15) is 4.36 Å². The maximum absolute atomic E-state index is 13.0. The zero-order chi connectivity index (χ0) is 20.9. The zero-order valence-corrected chi connectivity index (χ0v) is 17.4. The maximum atomic E-state index is 13.0. The normalized spacial score (nSPS) is 12.9. The summed E-state index contributed by atoms with van der Waals surface area (Å²) in [5, 5.41) is 2.62. The molecule has 2 aromatic rings. The Kier molecular flexibility index (Phi) is 6.37. The molecule has 0 bridgehead atoms. The lowest BCUT2D eigenvalue weighted by Crippen LogP contribution is -2.08. The van der Waals surface area contributed by atoms with Crippen molar-refractivity contribution in [1.82, 2.24) is 4.98 Å². The van der Waals surface area contributed by atoms with E-state index in [0.29, 0.717) is 16.1 Å². The van der Waals surface area contributed by atoms with Gasteiger partial charge in [0.15, 0.2) is 0 Å². The Bertz CT molecular complexity index is 1100. The SMILES string of the molecule is CC(=O)Nc1cccc(S(C)(=O)=NC(=O)c2cncc(C#CC(C)(C)C)c2)c1. The second-order valence-corrected chi connectivity index (χ2v) is 9.63. The van der Waals surface area contributed by atoms with E-state index in [0.717, 1.165) is 0 Å². The summed E-state index contributed by atoms with van der Waals surface area (Å²) in [4.78, 5) is 28.1. The summed E-state index contributed by atoms with van der Waals surface area (Å²) in [6.45, 7) is 7.34. The van der Waals surface area contributed by atoms with E-state index in [4.69, 9.17) is 0 Å². The van der Waals surface area contributed by atoms with E-state index in [-0.39, 0.29) is 16.9 Å². The Hall–Kier alpha value is -2.98. The van der Waals surface area contributed by atoms with Gasteiger partial charge < -0.3 is 5.32 Å². The largest absolute Gasteiger partial charge is 0.326 e. The zero-order valence-electron chi connectivity index (χ0n) is 16.6. The highest BCUT2D eigenvalue weighted by Gasteiger charge is 2.13. The smallest absolute Gasteiger partial charge is 0.286 e. The van der Waals surface area contributed by atoms with E-state index >= 15 is 0 Å². The third-order valence-corrected chi connectivity index (χ3v) is 5.06.